The summed E-state index contributed by atoms with van der Waals surface area (Å²) in [4.78, 5) is 0.197. The molecule has 1 aromatic heterocycles. The maximum atomic E-state index is 12.6. The fourth-order valence-corrected chi connectivity index (χ4v) is 4.02. The van der Waals surface area contributed by atoms with Gasteiger partial charge in [0.05, 0.1) is 11.9 Å². The number of fused-ring (bicyclic) bond motifs is 1. The van der Waals surface area contributed by atoms with Gasteiger partial charge >= 0.3 is 0 Å². The Morgan fingerprint density at radius 1 is 1.37 bits per heavy atom. The summed E-state index contributed by atoms with van der Waals surface area (Å²) in [7, 11) is -1.87. The average Bonchev–Trinajstić information content (AvgIpc) is 2.96. The summed E-state index contributed by atoms with van der Waals surface area (Å²) < 4.78 is 28.0. The molecule has 1 aliphatic rings. The zero-order chi connectivity index (χ0) is 13.6. The number of hydrogen-bond donors (Lipinski definition) is 0. The average molecular weight is 298 g/mol. The van der Waals surface area contributed by atoms with E-state index in [4.69, 9.17) is 11.6 Å². The van der Waals surface area contributed by atoms with Gasteiger partial charge in [-0.05, 0) is 24.1 Å². The topological polar surface area (TPSA) is 55.2 Å². The van der Waals surface area contributed by atoms with E-state index < -0.39 is 10.0 Å². The van der Waals surface area contributed by atoms with Crippen LogP contribution in [0.5, 0.6) is 0 Å². The third-order valence-electron chi connectivity index (χ3n) is 3.20. The molecule has 1 aliphatic heterocycles. The van der Waals surface area contributed by atoms with Gasteiger partial charge in [-0.1, -0.05) is 17.7 Å². The second-order valence-electron chi connectivity index (χ2n) is 4.41. The molecule has 0 spiro atoms. The standard InChI is InChI=1S/C12H12ClN3O2S/c1-15-8-9(7-14-15)19(17,18)16-6-5-10-11(13)3-2-4-12(10)16/h2-4,7-8H,5-6H2,1H3. The predicted molar refractivity (Wildman–Crippen MR) is 72.9 cm³/mol. The highest BCUT2D eigenvalue weighted by atomic mass is 35.5. The minimum absolute atomic E-state index is 0.197. The van der Waals surface area contributed by atoms with E-state index in [9.17, 15) is 8.42 Å². The van der Waals surface area contributed by atoms with Crippen LogP contribution in [0.3, 0.4) is 0 Å². The fourth-order valence-electron chi connectivity index (χ4n) is 2.27. The van der Waals surface area contributed by atoms with Crippen molar-refractivity contribution >= 4 is 27.3 Å². The minimum atomic E-state index is -3.56. The van der Waals surface area contributed by atoms with Gasteiger partial charge in [0.2, 0.25) is 0 Å². The summed E-state index contributed by atoms with van der Waals surface area (Å²) in [5.74, 6) is 0. The molecule has 0 aliphatic carbocycles. The molecule has 1 aromatic carbocycles. The Kier molecular flexibility index (Phi) is 2.79. The van der Waals surface area contributed by atoms with Crippen molar-refractivity contribution in [2.24, 2.45) is 7.05 Å². The van der Waals surface area contributed by atoms with Crippen molar-refractivity contribution < 1.29 is 8.42 Å². The lowest BCUT2D eigenvalue weighted by Crippen LogP contribution is -2.28. The molecule has 0 saturated heterocycles. The van der Waals surface area contributed by atoms with Crippen molar-refractivity contribution in [2.45, 2.75) is 11.3 Å². The molecule has 0 N–H and O–H groups in total. The van der Waals surface area contributed by atoms with Gasteiger partial charge in [-0.2, -0.15) is 5.10 Å². The lowest BCUT2D eigenvalue weighted by Gasteiger charge is -2.18. The maximum Gasteiger partial charge on any atom is 0.267 e. The van der Waals surface area contributed by atoms with Crippen LogP contribution in [0.2, 0.25) is 5.02 Å². The first-order valence-corrected chi connectivity index (χ1v) is 7.61. The molecule has 0 atom stereocenters. The van der Waals surface area contributed by atoms with Crippen LogP contribution in [0, 0.1) is 0 Å². The van der Waals surface area contributed by atoms with E-state index in [0.717, 1.165) is 5.56 Å². The lowest BCUT2D eigenvalue weighted by molar-refractivity contribution is 0.592. The monoisotopic (exact) mass is 297 g/mol. The second-order valence-corrected chi connectivity index (χ2v) is 6.68. The minimum Gasteiger partial charge on any atom is -0.274 e. The molecule has 5 nitrogen and oxygen atoms in total. The van der Waals surface area contributed by atoms with Crippen molar-refractivity contribution in [1.29, 1.82) is 0 Å². The summed E-state index contributed by atoms with van der Waals surface area (Å²) in [6, 6.07) is 5.32. The van der Waals surface area contributed by atoms with E-state index >= 15 is 0 Å². The summed E-state index contributed by atoms with van der Waals surface area (Å²) in [6.07, 6.45) is 3.49. The molecule has 0 saturated carbocycles. The van der Waals surface area contributed by atoms with Crippen molar-refractivity contribution in [3.05, 3.63) is 41.2 Å². The number of sulfonamides is 1. The SMILES string of the molecule is Cn1cc(S(=O)(=O)N2CCc3c(Cl)cccc32)cn1. The number of hydrogen-bond acceptors (Lipinski definition) is 3. The second kappa shape index (κ2) is 4.25. The number of benzene rings is 1. The molecule has 7 heteroatoms. The van der Waals surface area contributed by atoms with E-state index in [2.05, 4.69) is 5.10 Å². The van der Waals surface area contributed by atoms with Gasteiger partial charge in [0.25, 0.3) is 10.0 Å². The van der Waals surface area contributed by atoms with E-state index in [1.165, 1.54) is 21.4 Å². The molecule has 0 radical (unpaired) electrons. The molecule has 3 rings (SSSR count). The molecule has 0 bridgehead atoms. The number of rotatable bonds is 2. The number of anilines is 1. The van der Waals surface area contributed by atoms with Gasteiger partial charge in [-0.3, -0.25) is 8.99 Å². The van der Waals surface area contributed by atoms with Crippen molar-refractivity contribution in [1.82, 2.24) is 9.78 Å². The van der Waals surface area contributed by atoms with Crippen LogP contribution in [-0.2, 0) is 23.5 Å². The molecule has 0 unspecified atom stereocenters. The first kappa shape index (κ1) is 12.5. The molecular formula is C12H12ClN3O2S. The number of halogens is 1. The van der Waals surface area contributed by atoms with Crippen LogP contribution in [0.15, 0.2) is 35.5 Å². The van der Waals surface area contributed by atoms with E-state index in [1.54, 1.807) is 25.2 Å². The Morgan fingerprint density at radius 3 is 2.84 bits per heavy atom. The maximum absolute atomic E-state index is 12.6. The lowest BCUT2D eigenvalue weighted by atomic mass is 10.2. The van der Waals surface area contributed by atoms with Crippen LogP contribution in [0.4, 0.5) is 5.69 Å². The van der Waals surface area contributed by atoms with Crippen LogP contribution in [0.1, 0.15) is 5.56 Å². The summed E-state index contributed by atoms with van der Waals surface area (Å²) in [5.41, 5.74) is 1.55. The summed E-state index contributed by atoms with van der Waals surface area (Å²) in [6.45, 7) is 0.413. The highest BCUT2D eigenvalue weighted by Gasteiger charge is 2.32. The zero-order valence-electron chi connectivity index (χ0n) is 10.2. The van der Waals surface area contributed by atoms with Gasteiger partial charge in [0.15, 0.2) is 0 Å². The van der Waals surface area contributed by atoms with E-state index in [-0.39, 0.29) is 4.90 Å². The Hall–Kier alpha value is -1.53. The molecular weight excluding hydrogens is 286 g/mol. The quantitative estimate of drug-likeness (QED) is 0.850. The summed E-state index contributed by atoms with van der Waals surface area (Å²) >= 11 is 6.10. The fraction of sp³-hybridized carbons (Fsp3) is 0.250. The Bertz CT molecular complexity index is 739. The number of aromatic nitrogens is 2. The van der Waals surface area contributed by atoms with Crippen LogP contribution >= 0.6 is 11.6 Å². The highest BCUT2D eigenvalue weighted by molar-refractivity contribution is 7.92. The Labute approximate surface area is 116 Å². The van der Waals surface area contributed by atoms with Crippen molar-refractivity contribution in [3.63, 3.8) is 0 Å². The molecule has 19 heavy (non-hydrogen) atoms. The van der Waals surface area contributed by atoms with Gasteiger partial charge in [-0.25, -0.2) is 8.42 Å². The number of aryl methyl sites for hydroxylation is 1. The van der Waals surface area contributed by atoms with Crippen LogP contribution in [0.25, 0.3) is 0 Å². The molecule has 0 amide bonds. The van der Waals surface area contributed by atoms with Gasteiger partial charge in [0.1, 0.15) is 4.90 Å². The highest BCUT2D eigenvalue weighted by Crippen LogP contribution is 2.36. The third-order valence-corrected chi connectivity index (χ3v) is 5.32. The van der Waals surface area contributed by atoms with Crippen LogP contribution in [-0.4, -0.2) is 24.7 Å². The van der Waals surface area contributed by atoms with Gasteiger partial charge in [-0.15, -0.1) is 0 Å². The zero-order valence-corrected chi connectivity index (χ0v) is 11.8. The predicted octanol–water partition coefficient (Wildman–Crippen LogP) is 1.82. The largest absolute Gasteiger partial charge is 0.274 e. The van der Waals surface area contributed by atoms with E-state index in [0.29, 0.717) is 23.7 Å². The normalized spacial score (nSPS) is 14.7. The number of nitrogens with zero attached hydrogens (tertiary/aromatic N) is 3. The molecule has 100 valence electrons. The van der Waals surface area contributed by atoms with Crippen molar-refractivity contribution in [3.8, 4) is 0 Å². The van der Waals surface area contributed by atoms with Crippen molar-refractivity contribution in [2.75, 3.05) is 10.8 Å². The van der Waals surface area contributed by atoms with E-state index in [1.807, 2.05) is 0 Å². The Balaban J connectivity index is 2.09. The first-order valence-electron chi connectivity index (χ1n) is 5.79. The van der Waals surface area contributed by atoms with Gasteiger partial charge in [0, 0.05) is 24.8 Å². The molecule has 2 heterocycles. The molecule has 2 aromatic rings. The first-order chi connectivity index (χ1) is 9.00. The van der Waals surface area contributed by atoms with Crippen LogP contribution < -0.4 is 4.31 Å². The summed E-state index contributed by atoms with van der Waals surface area (Å²) in [5, 5.41) is 4.52. The Morgan fingerprint density at radius 2 is 2.16 bits per heavy atom. The van der Waals surface area contributed by atoms with Gasteiger partial charge < -0.3 is 0 Å². The third kappa shape index (κ3) is 1.91. The smallest absolute Gasteiger partial charge is 0.267 e. The molecule has 0 fully saturated rings.